The van der Waals surface area contributed by atoms with E-state index >= 15 is 0 Å². The first-order valence-corrected chi connectivity index (χ1v) is 9.46. The highest BCUT2D eigenvalue weighted by Gasteiger charge is 2.29. The van der Waals surface area contributed by atoms with E-state index < -0.39 is 10.0 Å². The number of H-pyrrole nitrogens is 1. The van der Waals surface area contributed by atoms with Crippen LogP contribution in [0, 0.1) is 12.8 Å². The van der Waals surface area contributed by atoms with E-state index in [1.807, 2.05) is 6.92 Å². The first-order valence-electron chi connectivity index (χ1n) is 7.16. The molecule has 1 aliphatic rings. The number of hydrogen-bond acceptors (Lipinski definition) is 4. The van der Waals surface area contributed by atoms with Crippen LogP contribution in [0.3, 0.4) is 0 Å². The molecular formula is C13H22N2O3S2. The molecule has 1 heterocycles. The van der Waals surface area contributed by atoms with E-state index in [2.05, 4.69) is 9.71 Å². The maximum Gasteiger partial charge on any atom is 0.305 e. The molecule has 1 aromatic rings. The van der Waals surface area contributed by atoms with Gasteiger partial charge in [0.25, 0.3) is 10.0 Å². The second-order valence-corrected chi connectivity index (χ2v) is 8.35. The quantitative estimate of drug-likeness (QED) is 0.875. The number of thiazole rings is 1. The summed E-state index contributed by atoms with van der Waals surface area (Å²) >= 11 is 0.759. The van der Waals surface area contributed by atoms with Crippen molar-refractivity contribution in [3.05, 3.63) is 15.4 Å². The average molecular weight is 318 g/mol. The fraction of sp³-hybridized carbons (Fsp3) is 0.769. The first kappa shape index (κ1) is 15.7. The molecule has 20 heavy (non-hydrogen) atoms. The number of sulfonamides is 1. The van der Waals surface area contributed by atoms with E-state index in [1.165, 1.54) is 19.3 Å². The number of aromatic amines is 1. The van der Waals surface area contributed by atoms with E-state index in [9.17, 15) is 13.2 Å². The van der Waals surface area contributed by atoms with E-state index in [-0.39, 0.29) is 15.1 Å². The topological polar surface area (TPSA) is 79.0 Å². The largest absolute Gasteiger partial charge is 0.315 e. The zero-order valence-corrected chi connectivity index (χ0v) is 13.6. The zero-order valence-electron chi connectivity index (χ0n) is 11.9. The smallest absolute Gasteiger partial charge is 0.305 e. The van der Waals surface area contributed by atoms with Gasteiger partial charge in [-0.15, -0.1) is 0 Å². The van der Waals surface area contributed by atoms with Crippen LogP contribution in [0.25, 0.3) is 0 Å². The number of nitrogens with one attached hydrogen (secondary N) is 2. The molecule has 1 saturated carbocycles. The summed E-state index contributed by atoms with van der Waals surface area (Å²) in [5.74, 6) is 0.416. The molecule has 0 spiro atoms. The Morgan fingerprint density at radius 2 is 2.00 bits per heavy atom. The lowest BCUT2D eigenvalue weighted by atomic mass is 9.83. The SMILES string of the molecule is CCC(NS(=O)(=O)c1sc(=O)[nH]c1C)C1CCCCC1. The van der Waals surface area contributed by atoms with Gasteiger partial charge in [0.05, 0.1) is 0 Å². The lowest BCUT2D eigenvalue weighted by Crippen LogP contribution is -2.40. The fourth-order valence-corrected chi connectivity index (χ4v) is 5.65. The Balaban J connectivity index is 2.17. The van der Waals surface area contributed by atoms with Crippen molar-refractivity contribution >= 4 is 21.4 Å². The third kappa shape index (κ3) is 3.51. The molecule has 2 N–H and O–H groups in total. The zero-order chi connectivity index (χ0) is 14.8. The van der Waals surface area contributed by atoms with Crippen LogP contribution in [-0.2, 0) is 10.0 Å². The Morgan fingerprint density at radius 1 is 1.35 bits per heavy atom. The normalized spacial score (nSPS) is 19.1. The summed E-state index contributed by atoms with van der Waals surface area (Å²) in [6.07, 6.45) is 6.56. The second kappa shape index (κ2) is 6.41. The molecule has 7 heteroatoms. The van der Waals surface area contributed by atoms with Gasteiger partial charge < -0.3 is 4.98 Å². The van der Waals surface area contributed by atoms with Crippen LogP contribution in [0.1, 0.15) is 51.1 Å². The van der Waals surface area contributed by atoms with Crippen molar-refractivity contribution in [2.24, 2.45) is 5.92 Å². The molecule has 0 amide bonds. The molecule has 1 atom stereocenters. The van der Waals surface area contributed by atoms with Crippen molar-refractivity contribution in [3.8, 4) is 0 Å². The molecule has 5 nitrogen and oxygen atoms in total. The maximum atomic E-state index is 12.4. The monoisotopic (exact) mass is 318 g/mol. The van der Waals surface area contributed by atoms with Crippen molar-refractivity contribution in [1.29, 1.82) is 0 Å². The summed E-state index contributed by atoms with van der Waals surface area (Å²) < 4.78 is 27.8. The lowest BCUT2D eigenvalue weighted by Gasteiger charge is -2.29. The van der Waals surface area contributed by atoms with Gasteiger partial charge in [0, 0.05) is 11.7 Å². The molecule has 1 unspecified atom stereocenters. The predicted molar refractivity (Wildman–Crippen MR) is 80.7 cm³/mol. The van der Waals surface area contributed by atoms with Crippen molar-refractivity contribution in [2.45, 2.75) is 62.6 Å². The molecule has 0 bridgehead atoms. The molecule has 0 aliphatic heterocycles. The van der Waals surface area contributed by atoms with Gasteiger partial charge in [-0.2, -0.15) is 0 Å². The summed E-state index contributed by atoms with van der Waals surface area (Å²) in [7, 11) is -3.59. The molecule has 0 saturated heterocycles. The Hall–Kier alpha value is -0.660. The summed E-state index contributed by atoms with van der Waals surface area (Å²) in [5, 5.41) is 0. The number of aromatic nitrogens is 1. The minimum Gasteiger partial charge on any atom is -0.315 e. The Kier molecular flexibility index (Phi) is 5.04. The summed E-state index contributed by atoms with van der Waals surface area (Å²) in [5.41, 5.74) is 0.422. The molecule has 1 fully saturated rings. The fourth-order valence-electron chi connectivity index (χ4n) is 2.95. The summed E-state index contributed by atoms with van der Waals surface area (Å²) in [6, 6.07) is -0.0306. The van der Waals surface area contributed by atoms with Crippen molar-refractivity contribution in [2.75, 3.05) is 0 Å². The van der Waals surface area contributed by atoms with Crippen LogP contribution in [-0.4, -0.2) is 19.4 Å². The van der Waals surface area contributed by atoms with Crippen LogP contribution in [0.2, 0.25) is 0 Å². The standard InChI is InChI=1S/C13H22N2O3S2/c1-3-11(10-7-5-4-6-8-10)15-20(17,18)12-9(2)14-13(16)19-12/h10-11,15H,3-8H2,1-2H3,(H,14,16). The van der Waals surface area contributed by atoms with Crippen LogP contribution in [0.15, 0.2) is 9.00 Å². The van der Waals surface area contributed by atoms with E-state index in [0.29, 0.717) is 11.6 Å². The van der Waals surface area contributed by atoms with Crippen molar-refractivity contribution in [3.63, 3.8) is 0 Å². The molecule has 0 aromatic carbocycles. The third-order valence-corrected chi connectivity index (χ3v) is 7.09. The van der Waals surface area contributed by atoms with E-state index in [0.717, 1.165) is 30.6 Å². The molecule has 1 aromatic heterocycles. The van der Waals surface area contributed by atoms with Gasteiger partial charge in [-0.25, -0.2) is 13.1 Å². The minimum atomic E-state index is -3.59. The van der Waals surface area contributed by atoms with Gasteiger partial charge in [-0.1, -0.05) is 37.5 Å². The third-order valence-electron chi connectivity index (χ3n) is 3.99. The van der Waals surface area contributed by atoms with Gasteiger partial charge in [-0.05, 0) is 32.1 Å². The van der Waals surface area contributed by atoms with Crippen molar-refractivity contribution in [1.82, 2.24) is 9.71 Å². The highest BCUT2D eigenvalue weighted by Crippen LogP contribution is 2.29. The van der Waals surface area contributed by atoms with Gasteiger partial charge in [-0.3, -0.25) is 4.79 Å². The van der Waals surface area contributed by atoms with Crippen LogP contribution >= 0.6 is 11.3 Å². The molecular weight excluding hydrogens is 296 g/mol. The number of hydrogen-bond donors (Lipinski definition) is 2. The summed E-state index contributed by atoms with van der Waals surface area (Å²) in [6.45, 7) is 3.63. The van der Waals surface area contributed by atoms with Gasteiger partial charge in [0.15, 0.2) is 4.21 Å². The Morgan fingerprint density at radius 3 is 2.50 bits per heavy atom. The predicted octanol–water partition coefficient (Wildman–Crippen LogP) is 2.38. The maximum absolute atomic E-state index is 12.4. The van der Waals surface area contributed by atoms with E-state index in [4.69, 9.17) is 0 Å². The first-order chi connectivity index (χ1) is 9.44. The van der Waals surface area contributed by atoms with Crippen LogP contribution < -0.4 is 9.60 Å². The number of rotatable bonds is 5. The highest BCUT2D eigenvalue weighted by atomic mass is 32.2. The molecule has 114 valence electrons. The van der Waals surface area contributed by atoms with E-state index in [1.54, 1.807) is 6.92 Å². The highest BCUT2D eigenvalue weighted by molar-refractivity contribution is 7.91. The summed E-state index contributed by atoms with van der Waals surface area (Å²) in [4.78, 5) is 13.5. The van der Waals surface area contributed by atoms with Gasteiger partial charge in [0.2, 0.25) is 0 Å². The molecule has 0 radical (unpaired) electrons. The Labute approximate surface area is 123 Å². The van der Waals surface area contributed by atoms with Gasteiger partial charge in [0.1, 0.15) is 0 Å². The Bertz CT molecular complexity index is 597. The van der Waals surface area contributed by atoms with Crippen LogP contribution in [0.5, 0.6) is 0 Å². The second-order valence-electron chi connectivity index (χ2n) is 5.46. The average Bonchev–Trinajstić information content (AvgIpc) is 2.77. The van der Waals surface area contributed by atoms with Crippen molar-refractivity contribution < 1.29 is 8.42 Å². The van der Waals surface area contributed by atoms with Crippen LogP contribution in [0.4, 0.5) is 0 Å². The lowest BCUT2D eigenvalue weighted by molar-refractivity contribution is 0.285. The molecule has 2 rings (SSSR count). The number of aryl methyl sites for hydroxylation is 1. The van der Waals surface area contributed by atoms with Gasteiger partial charge >= 0.3 is 4.87 Å². The minimum absolute atomic E-state index is 0.0306. The molecule has 1 aliphatic carbocycles.